The van der Waals surface area contributed by atoms with Crippen molar-refractivity contribution in [2.24, 2.45) is 0 Å². The third-order valence-electron chi connectivity index (χ3n) is 4.30. The highest BCUT2D eigenvalue weighted by Crippen LogP contribution is 2.19. The summed E-state index contributed by atoms with van der Waals surface area (Å²) in [6.45, 7) is 4.81. The van der Waals surface area contributed by atoms with E-state index in [1.165, 1.54) is 5.56 Å². The van der Waals surface area contributed by atoms with Crippen molar-refractivity contribution in [1.29, 1.82) is 0 Å². The van der Waals surface area contributed by atoms with Gasteiger partial charge in [0.15, 0.2) is 0 Å². The van der Waals surface area contributed by atoms with Gasteiger partial charge in [0.1, 0.15) is 5.82 Å². The lowest BCUT2D eigenvalue weighted by molar-refractivity contribution is 0.102. The Morgan fingerprint density at radius 1 is 1.07 bits per heavy atom. The van der Waals surface area contributed by atoms with Gasteiger partial charge in [-0.25, -0.2) is 4.98 Å². The number of carbonyl (C=O) groups excluding carboxylic acids is 1. The van der Waals surface area contributed by atoms with Crippen LogP contribution in [-0.2, 0) is 6.54 Å². The van der Waals surface area contributed by atoms with Crippen LogP contribution >= 0.6 is 0 Å². The standard InChI is InChI=1S/C22H24N4O/c1-15(2)17-8-10-19(11-9-17)26-22(27)20-7-4-12-24-21(20)25-14-16-5-3-6-18(23)13-16/h3-13,15H,14,23H2,1-2H3,(H,24,25)(H,26,27). The number of benzene rings is 2. The molecular weight excluding hydrogens is 336 g/mol. The van der Waals surface area contributed by atoms with Crippen LogP contribution in [0.5, 0.6) is 0 Å². The van der Waals surface area contributed by atoms with E-state index in [-0.39, 0.29) is 5.91 Å². The normalized spacial score (nSPS) is 10.6. The molecule has 3 aromatic rings. The maximum absolute atomic E-state index is 12.7. The van der Waals surface area contributed by atoms with E-state index in [2.05, 4.69) is 29.5 Å². The van der Waals surface area contributed by atoms with Crippen LogP contribution in [0.25, 0.3) is 0 Å². The van der Waals surface area contributed by atoms with Gasteiger partial charge in [-0.3, -0.25) is 4.79 Å². The molecule has 0 radical (unpaired) electrons. The van der Waals surface area contributed by atoms with Crippen molar-refractivity contribution in [1.82, 2.24) is 4.98 Å². The summed E-state index contributed by atoms with van der Waals surface area (Å²) < 4.78 is 0. The van der Waals surface area contributed by atoms with Gasteiger partial charge in [0.2, 0.25) is 0 Å². The minimum atomic E-state index is -0.199. The van der Waals surface area contributed by atoms with Crippen molar-refractivity contribution in [3.8, 4) is 0 Å². The number of anilines is 3. The average molecular weight is 360 g/mol. The number of hydrogen-bond acceptors (Lipinski definition) is 4. The second kappa shape index (κ2) is 8.36. The number of amides is 1. The first kappa shape index (κ1) is 18.5. The van der Waals surface area contributed by atoms with Crippen molar-refractivity contribution in [2.75, 3.05) is 16.4 Å². The molecule has 5 heteroatoms. The van der Waals surface area contributed by atoms with Gasteiger partial charge in [-0.2, -0.15) is 0 Å². The molecule has 0 aliphatic heterocycles. The van der Waals surface area contributed by atoms with Gasteiger partial charge >= 0.3 is 0 Å². The summed E-state index contributed by atoms with van der Waals surface area (Å²) in [6, 6.07) is 19.0. The van der Waals surface area contributed by atoms with Crippen LogP contribution in [-0.4, -0.2) is 10.9 Å². The Balaban J connectivity index is 1.71. The number of nitrogens with one attached hydrogen (secondary N) is 2. The fraction of sp³-hybridized carbons (Fsp3) is 0.182. The molecular formula is C22H24N4O. The Labute approximate surface area is 159 Å². The third kappa shape index (κ3) is 4.85. The van der Waals surface area contributed by atoms with Crippen LogP contribution < -0.4 is 16.4 Å². The highest BCUT2D eigenvalue weighted by molar-refractivity contribution is 6.07. The molecule has 5 nitrogen and oxygen atoms in total. The number of aromatic nitrogens is 1. The first-order chi connectivity index (χ1) is 13.0. The summed E-state index contributed by atoms with van der Waals surface area (Å²) in [5, 5.41) is 6.15. The van der Waals surface area contributed by atoms with Gasteiger partial charge in [-0.1, -0.05) is 38.1 Å². The van der Waals surface area contributed by atoms with Crippen molar-refractivity contribution in [2.45, 2.75) is 26.3 Å². The highest BCUT2D eigenvalue weighted by Gasteiger charge is 2.12. The van der Waals surface area contributed by atoms with E-state index in [1.54, 1.807) is 18.3 Å². The van der Waals surface area contributed by atoms with E-state index < -0.39 is 0 Å². The number of carbonyl (C=O) groups is 1. The fourth-order valence-corrected chi connectivity index (χ4v) is 2.77. The molecule has 1 heterocycles. The molecule has 0 fully saturated rings. The van der Waals surface area contributed by atoms with Crippen LogP contribution in [0.4, 0.5) is 17.2 Å². The molecule has 1 amide bonds. The summed E-state index contributed by atoms with van der Waals surface area (Å²) in [5.41, 5.74) is 10.0. The van der Waals surface area contributed by atoms with Gasteiger partial charge in [0, 0.05) is 24.1 Å². The largest absolute Gasteiger partial charge is 0.399 e. The van der Waals surface area contributed by atoms with Gasteiger partial charge < -0.3 is 16.4 Å². The summed E-state index contributed by atoms with van der Waals surface area (Å²) in [6.07, 6.45) is 1.66. The zero-order valence-corrected chi connectivity index (χ0v) is 15.6. The molecule has 0 aliphatic rings. The highest BCUT2D eigenvalue weighted by atomic mass is 16.1. The zero-order chi connectivity index (χ0) is 19.2. The van der Waals surface area contributed by atoms with Crippen LogP contribution in [0.1, 0.15) is 41.3 Å². The molecule has 4 N–H and O–H groups in total. The molecule has 0 atom stereocenters. The van der Waals surface area contributed by atoms with E-state index in [0.717, 1.165) is 11.3 Å². The number of rotatable bonds is 6. The van der Waals surface area contributed by atoms with Crippen LogP contribution in [0.15, 0.2) is 66.9 Å². The quantitative estimate of drug-likeness (QED) is 0.559. The molecule has 0 bridgehead atoms. The number of nitrogen functional groups attached to an aromatic ring is 1. The van der Waals surface area contributed by atoms with Gasteiger partial charge in [-0.05, 0) is 53.4 Å². The number of nitrogens with zero attached hydrogens (tertiary/aromatic N) is 1. The first-order valence-corrected chi connectivity index (χ1v) is 8.97. The second-order valence-corrected chi connectivity index (χ2v) is 6.73. The van der Waals surface area contributed by atoms with Crippen LogP contribution in [0.2, 0.25) is 0 Å². The molecule has 0 spiro atoms. The molecule has 138 valence electrons. The first-order valence-electron chi connectivity index (χ1n) is 8.97. The molecule has 27 heavy (non-hydrogen) atoms. The van der Waals surface area contributed by atoms with Crippen LogP contribution in [0.3, 0.4) is 0 Å². The minimum Gasteiger partial charge on any atom is -0.399 e. The van der Waals surface area contributed by atoms with Crippen molar-refractivity contribution >= 4 is 23.1 Å². The smallest absolute Gasteiger partial charge is 0.259 e. The maximum atomic E-state index is 12.7. The van der Waals surface area contributed by atoms with Crippen LogP contribution in [0, 0.1) is 0 Å². The van der Waals surface area contributed by atoms with Crippen molar-refractivity contribution in [3.05, 3.63) is 83.6 Å². The fourth-order valence-electron chi connectivity index (χ4n) is 2.77. The van der Waals surface area contributed by atoms with E-state index in [0.29, 0.717) is 29.5 Å². The van der Waals surface area contributed by atoms with E-state index >= 15 is 0 Å². The Morgan fingerprint density at radius 2 is 1.85 bits per heavy atom. The minimum absolute atomic E-state index is 0.199. The molecule has 0 saturated carbocycles. The van der Waals surface area contributed by atoms with Gasteiger partial charge in [-0.15, -0.1) is 0 Å². The Morgan fingerprint density at radius 3 is 2.56 bits per heavy atom. The number of pyridine rings is 1. The van der Waals surface area contributed by atoms with Gasteiger partial charge in [0.05, 0.1) is 5.56 Å². The average Bonchev–Trinajstić information content (AvgIpc) is 2.67. The predicted octanol–water partition coefficient (Wildman–Crippen LogP) is 4.65. The molecule has 0 saturated heterocycles. The number of nitrogens with two attached hydrogens (primary N) is 1. The lowest BCUT2D eigenvalue weighted by Crippen LogP contribution is -2.15. The molecule has 1 aromatic heterocycles. The third-order valence-corrected chi connectivity index (χ3v) is 4.30. The lowest BCUT2D eigenvalue weighted by atomic mass is 10.0. The number of hydrogen-bond donors (Lipinski definition) is 3. The Bertz CT molecular complexity index is 920. The van der Waals surface area contributed by atoms with E-state index in [4.69, 9.17) is 5.73 Å². The van der Waals surface area contributed by atoms with Crippen molar-refractivity contribution < 1.29 is 4.79 Å². The van der Waals surface area contributed by atoms with E-state index in [9.17, 15) is 4.79 Å². The summed E-state index contributed by atoms with van der Waals surface area (Å²) in [4.78, 5) is 17.0. The summed E-state index contributed by atoms with van der Waals surface area (Å²) in [5.74, 6) is 0.794. The lowest BCUT2D eigenvalue weighted by Gasteiger charge is -2.12. The van der Waals surface area contributed by atoms with E-state index in [1.807, 2.05) is 48.5 Å². The molecule has 0 aliphatic carbocycles. The zero-order valence-electron chi connectivity index (χ0n) is 15.6. The monoisotopic (exact) mass is 360 g/mol. The predicted molar refractivity (Wildman–Crippen MR) is 111 cm³/mol. The summed E-state index contributed by atoms with van der Waals surface area (Å²) in [7, 11) is 0. The topological polar surface area (TPSA) is 80.0 Å². The van der Waals surface area contributed by atoms with Gasteiger partial charge in [0.25, 0.3) is 5.91 Å². The summed E-state index contributed by atoms with van der Waals surface area (Å²) >= 11 is 0. The molecule has 3 rings (SSSR count). The second-order valence-electron chi connectivity index (χ2n) is 6.73. The SMILES string of the molecule is CC(C)c1ccc(NC(=O)c2cccnc2NCc2cccc(N)c2)cc1. The Kier molecular flexibility index (Phi) is 5.71. The maximum Gasteiger partial charge on any atom is 0.259 e. The Hall–Kier alpha value is -3.34. The molecule has 2 aromatic carbocycles. The molecule has 0 unspecified atom stereocenters. The van der Waals surface area contributed by atoms with Crippen molar-refractivity contribution in [3.63, 3.8) is 0 Å².